The fourth-order valence-corrected chi connectivity index (χ4v) is 2.25. The van der Waals surface area contributed by atoms with E-state index in [0.717, 1.165) is 11.3 Å². The Morgan fingerprint density at radius 1 is 1.14 bits per heavy atom. The Labute approximate surface area is 130 Å². The minimum Gasteiger partial charge on any atom is -0.384 e. The normalized spacial score (nSPS) is 10.5. The minimum atomic E-state index is -0.291. The van der Waals surface area contributed by atoms with E-state index in [1.807, 2.05) is 24.3 Å². The highest BCUT2D eigenvalue weighted by Gasteiger charge is 2.08. The third kappa shape index (κ3) is 4.58. The van der Waals surface area contributed by atoms with E-state index in [1.54, 1.807) is 12.1 Å². The maximum absolute atomic E-state index is 13.0. The van der Waals surface area contributed by atoms with Crippen molar-refractivity contribution < 1.29 is 9.18 Å². The highest BCUT2D eigenvalue weighted by molar-refractivity contribution is 5.91. The summed E-state index contributed by atoms with van der Waals surface area (Å²) in [7, 11) is 0. The molecule has 0 unspecified atom stereocenters. The van der Waals surface area contributed by atoms with Gasteiger partial charge >= 0.3 is 0 Å². The van der Waals surface area contributed by atoms with Crippen LogP contribution < -0.4 is 10.6 Å². The molecule has 0 saturated heterocycles. The van der Waals surface area contributed by atoms with E-state index >= 15 is 0 Å². The lowest BCUT2D eigenvalue weighted by Gasteiger charge is -2.14. The van der Waals surface area contributed by atoms with Gasteiger partial charge in [0.1, 0.15) is 5.82 Å². The summed E-state index contributed by atoms with van der Waals surface area (Å²) in [5, 5.41) is 5.98. The molecule has 4 heteroatoms. The Kier molecular flexibility index (Phi) is 5.53. The number of hydrogen-bond donors (Lipinski definition) is 2. The molecule has 0 aliphatic heterocycles. The summed E-state index contributed by atoms with van der Waals surface area (Å²) in [6.45, 7) is 4.64. The van der Waals surface area contributed by atoms with Crippen LogP contribution in [-0.2, 0) is 4.79 Å². The highest BCUT2D eigenvalue weighted by atomic mass is 19.1. The summed E-state index contributed by atoms with van der Waals surface area (Å²) in [5.74, 6) is -0.000709. The van der Waals surface area contributed by atoms with Gasteiger partial charge in [-0.25, -0.2) is 4.39 Å². The second kappa shape index (κ2) is 7.59. The van der Waals surface area contributed by atoms with Crippen molar-refractivity contribution in [3.05, 3.63) is 59.9 Å². The van der Waals surface area contributed by atoms with E-state index in [1.165, 1.54) is 12.1 Å². The van der Waals surface area contributed by atoms with Crippen LogP contribution in [0.5, 0.6) is 0 Å². The van der Waals surface area contributed by atoms with Crippen molar-refractivity contribution in [3.63, 3.8) is 0 Å². The lowest BCUT2D eigenvalue weighted by molar-refractivity contribution is -0.115. The lowest BCUT2D eigenvalue weighted by atomic mass is 10.0. The molecule has 1 amide bonds. The quantitative estimate of drug-likeness (QED) is 0.830. The average Bonchev–Trinajstić information content (AvgIpc) is 2.47. The van der Waals surface area contributed by atoms with Crippen molar-refractivity contribution in [3.8, 4) is 0 Å². The number of rotatable bonds is 6. The van der Waals surface area contributed by atoms with Crippen LogP contribution in [0.2, 0.25) is 0 Å². The van der Waals surface area contributed by atoms with Crippen LogP contribution in [0.3, 0.4) is 0 Å². The van der Waals surface area contributed by atoms with E-state index in [9.17, 15) is 9.18 Å². The number of carbonyl (C=O) groups is 1. The zero-order chi connectivity index (χ0) is 15.9. The molecule has 2 aromatic carbocycles. The molecule has 0 saturated carbocycles. The van der Waals surface area contributed by atoms with Gasteiger partial charge in [-0.05, 0) is 35.7 Å². The summed E-state index contributed by atoms with van der Waals surface area (Å²) < 4.78 is 13.0. The van der Waals surface area contributed by atoms with Gasteiger partial charge in [-0.1, -0.05) is 38.1 Å². The standard InChI is InChI=1S/C18H21FN2O/c1-13(2)16-8-3-4-9-17(16)21-18(22)10-11-20-15-7-5-6-14(19)12-15/h3-9,12-13,20H,10-11H2,1-2H3,(H,21,22). The van der Waals surface area contributed by atoms with Crippen molar-refractivity contribution in [2.45, 2.75) is 26.2 Å². The van der Waals surface area contributed by atoms with Crippen LogP contribution in [0.15, 0.2) is 48.5 Å². The summed E-state index contributed by atoms with van der Waals surface area (Å²) in [6, 6.07) is 14.0. The zero-order valence-corrected chi connectivity index (χ0v) is 12.9. The predicted octanol–water partition coefficient (Wildman–Crippen LogP) is 4.39. The van der Waals surface area contributed by atoms with Crippen LogP contribution in [0.25, 0.3) is 0 Å². The molecule has 3 nitrogen and oxygen atoms in total. The van der Waals surface area contributed by atoms with Crippen LogP contribution in [0.1, 0.15) is 31.7 Å². The molecular formula is C18H21FN2O. The molecule has 0 bridgehead atoms. The van der Waals surface area contributed by atoms with E-state index < -0.39 is 0 Å². The molecule has 0 aliphatic carbocycles. The second-order valence-corrected chi connectivity index (χ2v) is 5.48. The Bertz CT molecular complexity index is 640. The first kappa shape index (κ1) is 16.0. The summed E-state index contributed by atoms with van der Waals surface area (Å²) >= 11 is 0. The first-order valence-electron chi connectivity index (χ1n) is 7.44. The van der Waals surface area contributed by atoms with Gasteiger partial charge < -0.3 is 10.6 Å². The molecule has 22 heavy (non-hydrogen) atoms. The van der Waals surface area contributed by atoms with Gasteiger partial charge in [-0.2, -0.15) is 0 Å². The van der Waals surface area contributed by atoms with Gasteiger partial charge in [-0.3, -0.25) is 4.79 Å². The topological polar surface area (TPSA) is 41.1 Å². The molecule has 0 aromatic heterocycles. The minimum absolute atomic E-state index is 0.0583. The molecule has 0 heterocycles. The molecule has 116 valence electrons. The molecule has 2 aromatic rings. The van der Waals surface area contributed by atoms with E-state index in [2.05, 4.69) is 24.5 Å². The monoisotopic (exact) mass is 300 g/mol. The molecule has 0 spiro atoms. The fraction of sp³-hybridized carbons (Fsp3) is 0.278. The van der Waals surface area contributed by atoms with Crippen LogP contribution >= 0.6 is 0 Å². The van der Waals surface area contributed by atoms with Crippen LogP contribution in [0.4, 0.5) is 15.8 Å². The van der Waals surface area contributed by atoms with Crippen molar-refractivity contribution >= 4 is 17.3 Å². The molecule has 0 atom stereocenters. The number of carbonyl (C=O) groups excluding carboxylic acids is 1. The van der Waals surface area contributed by atoms with Crippen LogP contribution in [-0.4, -0.2) is 12.5 Å². The number of para-hydroxylation sites is 1. The molecule has 2 rings (SSSR count). The zero-order valence-electron chi connectivity index (χ0n) is 12.9. The maximum atomic E-state index is 13.0. The maximum Gasteiger partial charge on any atom is 0.226 e. The van der Waals surface area contributed by atoms with Crippen molar-refractivity contribution in [2.24, 2.45) is 0 Å². The smallest absolute Gasteiger partial charge is 0.226 e. The molecule has 0 radical (unpaired) electrons. The predicted molar refractivity (Wildman–Crippen MR) is 88.7 cm³/mol. The van der Waals surface area contributed by atoms with Gasteiger partial charge in [0.25, 0.3) is 0 Å². The number of hydrogen-bond acceptors (Lipinski definition) is 2. The molecular weight excluding hydrogens is 279 g/mol. The Morgan fingerprint density at radius 3 is 2.64 bits per heavy atom. The Hall–Kier alpha value is -2.36. The summed E-state index contributed by atoms with van der Waals surface area (Å²) in [6.07, 6.45) is 0.322. The third-order valence-electron chi connectivity index (χ3n) is 3.36. The van der Waals surface area contributed by atoms with Gasteiger partial charge in [0.15, 0.2) is 0 Å². The molecule has 0 aliphatic rings. The number of anilines is 2. The van der Waals surface area contributed by atoms with E-state index in [4.69, 9.17) is 0 Å². The van der Waals surface area contributed by atoms with Crippen molar-refractivity contribution in [2.75, 3.05) is 17.2 Å². The van der Waals surface area contributed by atoms with Gasteiger partial charge in [0, 0.05) is 24.3 Å². The van der Waals surface area contributed by atoms with Gasteiger partial charge in [0.05, 0.1) is 0 Å². The molecule has 0 fully saturated rings. The SMILES string of the molecule is CC(C)c1ccccc1NC(=O)CCNc1cccc(F)c1. The van der Waals surface area contributed by atoms with E-state index in [-0.39, 0.29) is 11.7 Å². The number of amides is 1. The number of nitrogens with one attached hydrogen (secondary N) is 2. The summed E-state index contributed by atoms with van der Waals surface area (Å²) in [5.41, 5.74) is 2.65. The number of halogens is 1. The Balaban J connectivity index is 1.86. The van der Waals surface area contributed by atoms with Gasteiger partial charge in [-0.15, -0.1) is 0 Å². The van der Waals surface area contributed by atoms with E-state index in [0.29, 0.717) is 24.6 Å². The van der Waals surface area contributed by atoms with Crippen molar-refractivity contribution in [1.29, 1.82) is 0 Å². The first-order valence-corrected chi connectivity index (χ1v) is 7.44. The highest BCUT2D eigenvalue weighted by Crippen LogP contribution is 2.23. The van der Waals surface area contributed by atoms with Gasteiger partial charge in [0.2, 0.25) is 5.91 Å². The fourth-order valence-electron chi connectivity index (χ4n) is 2.25. The average molecular weight is 300 g/mol. The lowest BCUT2D eigenvalue weighted by Crippen LogP contribution is -2.17. The second-order valence-electron chi connectivity index (χ2n) is 5.48. The third-order valence-corrected chi connectivity index (χ3v) is 3.36. The Morgan fingerprint density at radius 2 is 1.91 bits per heavy atom. The molecule has 2 N–H and O–H groups in total. The first-order chi connectivity index (χ1) is 10.6. The summed E-state index contributed by atoms with van der Waals surface area (Å²) in [4.78, 5) is 12.0. The van der Waals surface area contributed by atoms with Crippen LogP contribution in [0, 0.1) is 5.82 Å². The van der Waals surface area contributed by atoms with Crippen molar-refractivity contribution in [1.82, 2.24) is 0 Å². The largest absolute Gasteiger partial charge is 0.384 e. The number of benzene rings is 2.